The number of aliphatic hydroxyl groups is 1. The van der Waals surface area contributed by atoms with Crippen molar-refractivity contribution < 1.29 is 19.4 Å². The average Bonchev–Trinajstić information content (AvgIpc) is 3.65. The van der Waals surface area contributed by atoms with Gasteiger partial charge in [0.15, 0.2) is 5.88 Å². The Bertz CT molecular complexity index is 1380. The number of rotatable bonds is 12. The van der Waals surface area contributed by atoms with Gasteiger partial charge in [-0.3, -0.25) is 14.6 Å². The Hall–Kier alpha value is -5.47. The average molecular weight is 834 g/mol. The number of hydrogen-bond donors (Lipinski definition) is 4. The van der Waals surface area contributed by atoms with E-state index in [1.807, 2.05) is 6.92 Å². The highest BCUT2D eigenvalue weighted by atomic mass is 32.1. The highest BCUT2D eigenvalue weighted by Gasteiger charge is 2.33. The van der Waals surface area contributed by atoms with Crippen LogP contribution in [0.1, 0.15) is 79.8 Å². The number of ether oxygens (including phenoxy) is 1. The third-order valence-electron chi connectivity index (χ3n) is 7.28. The molecular formula is C49H79N5O4S. The molecule has 2 aromatic heterocycles. The summed E-state index contributed by atoms with van der Waals surface area (Å²) in [5.74, 6) is 1.99. The minimum atomic E-state index is -0.473. The Morgan fingerprint density at radius 1 is 1.00 bits per heavy atom. The van der Waals surface area contributed by atoms with Gasteiger partial charge in [0.25, 0.3) is 0 Å². The molecule has 330 valence electrons. The molecule has 2 aromatic rings. The minimum absolute atomic E-state index is 0.0584. The van der Waals surface area contributed by atoms with Gasteiger partial charge < -0.3 is 30.7 Å². The van der Waals surface area contributed by atoms with Crippen LogP contribution in [0.2, 0.25) is 0 Å². The molecule has 0 bridgehead atoms. The molecule has 0 radical (unpaired) electrons. The lowest BCUT2D eigenvalue weighted by molar-refractivity contribution is -0.130. The van der Waals surface area contributed by atoms with Gasteiger partial charge in [-0.1, -0.05) is 73.1 Å². The van der Waals surface area contributed by atoms with Crippen LogP contribution in [-0.4, -0.2) is 72.7 Å². The van der Waals surface area contributed by atoms with Crippen LogP contribution in [-0.2, 0) is 20.7 Å². The van der Waals surface area contributed by atoms with Gasteiger partial charge in [-0.25, -0.2) is 0 Å². The maximum absolute atomic E-state index is 12.4. The van der Waals surface area contributed by atoms with E-state index in [0.717, 1.165) is 42.5 Å². The fraction of sp³-hybridized carbons (Fsp3) is 0.449. The van der Waals surface area contributed by atoms with E-state index < -0.39 is 6.04 Å². The smallest absolute Gasteiger partial charge is 0.242 e. The number of methoxy groups -OCH3 is 1. The predicted molar refractivity (Wildman–Crippen MR) is 259 cm³/mol. The molecule has 1 saturated carbocycles. The number of likely N-dealkylation sites (tertiary alicyclic amines) is 1. The van der Waals surface area contributed by atoms with Gasteiger partial charge in [0.2, 0.25) is 11.8 Å². The second-order valence-corrected chi connectivity index (χ2v) is 13.5. The van der Waals surface area contributed by atoms with E-state index in [0.29, 0.717) is 18.1 Å². The number of aliphatic hydroxyl groups excluding tert-OH is 1. The van der Waals surface area contributed by atoms with E-state index in [1.54, 1.807) is 36.3 Å². The van der Waals surface area contributed by atoms with Crippen LogP contribution < -0.4 is 16.0 Å². The second-order valence-electron chi connectivity index (χ2n) is 12.7. The largest absolute Gasteiger partial charge is 0.483 e. The standard InChI is InChI=1S/C18H30N4O3.C11H11NS.C4H8.C4H10.C2H6O.2C2H4.3C2H2/c1-7-12(2)17(18(24)19-5)21-13(3)15-9-8-10-22(15)16(23)11-20-14(4)25-6;1-2-10-4-3-5-11(12-10)9-6-7-13-8-9;1-4-2-3-4;1-4(2)3;1-2-3;5*1-2/h7,12,15,17,20-21H,1,3-4,8-11H2,2,5-6H3,(H,19,24);3-8H,2H2,1H3;4H,2-3H2,1H3;4H,1-3H3;3H,2H2,1H3;2*1-2H2;3*1-2H/t12?,15-,17+;;;;;;;;;/m0........./s1. The number of aromatic nitrogens is 1. The number of likely N-dealkylation sites (N-methyl/N-ethyl adjacent to an activating group) is 1. The monoisotopic (exact) mass is 834 g/mol. The predicted octanol–water partition coefficient (Wildman–Crippen LogP) is 9.53. The third-order valence-corrected chi connectivity index (χ3v) is 7.96. The molecule has 3 heterocycles. The number of amides is 2. The molecule has 0 spiro atoms. The third kappa shape index (κ3) is 35.4. The molecule has 9 nitrogen and oxygen atoms in total. The first kappa shape index (κ1) is 65.4. The Morgan fingerprint density at radius 3 is 1.90 bits per heavy atom. The summed E-state index contributed by atoms with van der Waals surface area (Å²) in [7, 11) is 3.08. The van der Waals surface area contributed by atoms with E-state index in [-0.39, 0.29) is 36.9 Å². The van der Waals surface area contributed by atoms with Crippen molar-refractivity contribution in [3.63, 3.8) is 0 Å². The Morgan fingerprint density at radius 2 is 1.51 bits per heavy atom. The van der Waals surface area contributed by atoms with Crippen molar-refractivity contribution in [2.75, 3.05) is 33.9 Å². The van der Waals surface area contributed by atoms with Crippen LogP contribution in [0, 0.1) is 56.3 Å². The van der Waals surface area contributed by atoms with Crippen LogP contribution in [0.5, 0.6) is 0 Å². The maximum Gasteiger partial charge on any atom is 0.242 e. The summed E-state index contributed by atoms with van der Waals surface area (Å²) in [6.45, 7) is 39.0. The molecule has 0 aromatic carbocycles. The van der Waals surface area contributed by atoms with E-state index in [9.17, 15) is 9.59 Å². The zero-order chi connectivity index (χ0) is 47.4. The number of nitrogens with one attached hydrogen (secondary N) is 3. The summed E-state index contributed by atoms with van der Waals surface area (Å²) in [4.78, 5) is 30.9. The van der Waals surface area contributed by atoms with E-state index in [2.05, 4.69) is 175 Å². The SMILES string of the molecule is C#C.C#C.C#C.C=C.C=C.C=CC(C)[C@@H](NC(=C)[C@@H]1CCCN1C(=O)CNC(=C)OC)C(=O)NC.CC(C)C.CC1CC1.CCO.CCc1cccc(-c2ccsc2)n1. The summed E-state index contributed by atoms with van der Waals surface area (Å²) in [6.07, 6.45) is 31.4. The second kappa shape index (κ2) is 46.9. The first-order valence-corrected chi connectivity index (χ1v) is 20.4. The van der Waals surface area contributed by atoms with Gasteiger partial charge >= 0.3 is 0 Å². The van der Waals surface area contributed by atoms with Crippen LogP contribution >= 0.6 is 11.3 Å². The molecule has 1 unspecified atom stereocenters. The lowest BCUT2D eigenvalue weighted by Crippen LogP contribution is -2.50. The number of thiophene rings is 1. The molecule has 4 rings (SSSR count). The molecule has 1 aliphatic carbocycles. The molecule has 10 heteroatoms. The number of nitrogens with zero attached hydrogens (tertiary/aromatic N) is 2. The summed E-state index contributed by atoms with van der Waals surface area (Å²) >= 11 is 1.71. The van der Waals surface area contributed by atoms with E-state index in [4.69, 9.17) is 9.84 Å². The van der Waals surface area contributed by atoms with Gasteiger partial charge in [0.05, 0.1) is 25.4 Å². The number of hydrogen-bond acceptors (Lipinski definition) is 8. The van der Waals surface area contributed by atoms with E-state index >= 15 is 0 Å². The van der Waals surface area contributed by atoms with Crippen molar-refractivity contribution in [1.82, 2.24) is 25.8 Å². The number of carbonyl (C=O) groups is 2. The molecule has 3 atom stereocenters. The highest BCUT2D eigenvalue weighted by Crippen LogP contribution is 2.27. The molecular weight excluding hydrogens is 755 g/mol. The number of terminal acetylenes is 3. The molecule has 2 fully saturated rings. The van der Waals surface area contributed by atoms with Crippen LogP contribution in [0.25, 0.3) is 11.3 Å². The Kier molecular flexibility index (Phi) is 52.0. The van der Waals surface area contributed by atoms with Crippen molar-refractivity contribution >= 4 is 23.2 Å². The van der Waals surface area contributed by atoms with Crippen molar-refractivity contribution in [2.24, 2.45) is 17.8 Å². The first-order chi connectivity index (χ1) is 28.3. The summed E-state index contributed by atoms with van der Waals surface area (Å²) in [6, 6.07) is 7.68. The highest BCUT2D eigenvalue weighted by molar-refractivity contribution is 7.08. The van der Waals surface area contributed by atoms with Gasteiger partial charge in [-0.05, 0) is 68.2 Å². The van der Waals surface area contributed by atoms with Crippen molar-refractivity contribution in [1.29, 1.82) is 0 Å². The van der Waals surface area contributed by atoms with Gasteiger partial charge in [0.1, 0.15) is 6.04 Å². The number of aryl methyl sites for hydroxylation is 1. The molecule has 1 saturated heterocycles. The molecule has 59 heavy (non-hydrogen) atoms. The lowest BCUT2D eigenvalue weighted by atomic mass is 10.00. The van der Waals surface area contributed by atoms with E-state index in [1.165, 1.54) is 25.5 Å². The van der Waals surface area contributed by atoms with Crippen molar-refractivity contribution in [3.8, 4) is 49.8 Å². The lowest BCUT2D eigenvalue weighted by Gasteiger charge is -2.31. The number of pyridine rings is 1. The molecule has 4 N–H and O–H groups in total. The van der Waals surface area contributed by atoms with Crippen LogP contribution in [0.3, 0.4) is 0 Å². The Balaban J connectivity index is -0.000000171. The topological polar surface area (TPSA) is 116 Å². The van der Waals surface area contributed by atoms with Gasteiger partial charge in [-0.15, -0.1) is 71.4 Å². The Labute approximate surface area is 365 Å². The van der Waals surface area contributed by atoms with Crippen LogP contribution in [0.15, 0.2) is 98.7 Å². The normalized spacial score (nSPS) is 13.1. The maximum atomic E-state index is 12.4. The quantitative estimate of drug-likeness (QED) is 0.0957. The van der Waals surface area contributed by atoms with Crippen LogP contribution in [0.4, 0.5) is 0 Å². The molecule has 2 aliphatic rings. The minimum Gasteiger partial charge on any atom is -0.483 e. The van der Waals surface area contributed by atoms with Crippen molar-refractivity contribution in [3.05, 3.63) is 104 Å². The van der Waals surface area contributed by atoms with Gasteiger partial charge in [-0.2, -0.15) is 11.3 Å². The zero-order valence-corrected chi connectivity index (χ0v) is 38.8. The fourth-order valence-electron chi connectivity index (χ4n) is 4.21. The van der Waals surface area contributed by atoms with Crippen molar-refractivity contribution in [2.45, 2.75) is 92.7 Å². The summed E-state index contributed by atoms with van der Waals surface area (Å²) < 4.78 is 4.91. The summed E-state index contributed by atoms with van der Waals surface area (Å²) in [5, 5.41) is 20.4. The molecule has 2 amide bonds. The van der Waals surface area contributed by atoms with Gasteiger partial charge in [0, 0.05) is 48.5 Å². The fourth-order valence-corrected chi connectivity index (χ4v) is 4.86. The zero-order valence-electron chi connectivity index (χ0n) is 38.0. The summed E-state index contributed by atoms with van der Waals surface area (Å²) in [5.41, 5.74) is 4.13. The number of carbonyl (C=O) groups excluding carboxylic acids is 2. The first-order valence-electron chi connectivity index (χ1n) is 19.4. The molecule has 1 aliphatic heterocycles.